The van der Waals surface area contributed by atoms with Gasteiger partial charge in [-0.2, -0.15) is 0 Å². The number of benzene rings is 2. The minimum atomic E-state index is -3.86. The van der Waals surface area contributed by atoms with Crippen LogP contribution < -0.4 is 9.62 Å². The number of anilines is 1. The minimum Gasteiger partial charge on any atom is -0.352 e. The van der Waals surface area contributed by atoms with Gasteiger partial charge in [-0.1, -0.05) is 79.7 Å². The average molecular weight is 555 g/mol. The molecule has 2 amide bonds. The van der Waals surface area contributed by atoms with Crippen molar-refractivity contribution in [2.24, 2.45) is 0 Å². The molecule has 196 valence electrons. The van der Waals surface area contributed by atoms with Gasteiger partial charge in [0.15, 0.2) is 0 Å². The third-order valence-electron chi connectivity index (χ3n) is 6.35. The molecular weight excluding hydrogens is 521 g/mol. The Hall–Kier alpha value is -2.29. The van der Waals surface area contributed by atoms with Gasteiger partial charge >= 0.3 is 0 Å². The van der Waals surface area contributed by atoms with Gasteiger partial charge in [0.2, 0.25) is 21.8 Å². The number of halogens is 2. The summed E-state index contributed by atoms with van der Waals surface area (Å²) in [4.78, 5) is 28.5. The Kier molecular flexibility index (Phi) is 10.0. The number of amides is 2. The van der Waals surface area contributed by atoms with Crippen molar-refractivity contribution in [2.75, 3.05) is 17.1 Å². The Morgan fingerprint density at radius 3 is 2.19 bits per heavy atom. The van der Waals surface area contributed by atoms with Crippen LogP contribution in [0.15, 0.2) is 48.5 Å². The Balaban J connectivity index is 1.91. The second kappa shape index (κ2) is 12.8. The van der Waals surface area contributed by atoms with E-state index in [0.29, 0.717) is 6.42 Å². The van der Waals surface area contributed by atoms with E-state index in [-0.39, 0.29) is 34.2 Å². The fourth-order valence-electron chi connectivity index (χ4n) is 4.54. The second-order valence-electron chi connectivity index (χ2n) is 9.17. The number of rotatable bonds is 10. The lowest BCUT2D eigenvalue weighted by atomic mass is 9.95. The van der Waals surface area contributed by atoms with Crippen LogP contribution >= 0.6 is 23.2 Å². The van der Waals surface area contributed by atoms with Crippen molar-refractivity contribution in [2.45, 2.75) is 64.1 Å². The lowest BCUT2D eigenvalue weighted by Crippen LogP contribution is -2.53. The van der Waals surface area contributed by atoms with E-state index in [0.717, 1.165) is 48.2 Å². The molecule has 7 nitrogen and oxygen atoms in total. The molecule has 1 fully saturated rings. The molecule has 0 aliphatic heterocycles. The summed E-state index contributed by atoms with van der Waals surface area (Å²) in [6.07, 6.45) is 6.55. The zero-order valence-electron chi connectivity index (χ0n) is 20.6. The van der Waals surface area contributed by atoms with E-state index in [2.05, 4.69) is 5.32 Å². The number of carbonyl (C=O) groups excluding carboxylic acids is 2. The summed E-state index contributed by atoms with van der Waals surface area (Å²) < 4.78 is 26.4. The van der Waals surface area contributed by atoms with Crippen LogP contribution in [0, 0.1) is 0 Å². The highest BCUT2D eigenvalue weighted by molar-refractivity contribution is 7.92. The molecular formula is C26H33Cl2N3O4S. The highest BCUT2D eigenvalue weighted by atomic mass is 35.5. The third kappa shape index (κ3) is 7.85. The third-order valence-corrected chi connectivity index (χ3v) is 7.92. The Morgan fingerprint density at radius 2 is 1.64 bits per heavy atom. The number of nitrogens with zero attached hydrogens (tertiary/aromatic N) is 2. The zero-order chi connectivity index (χ0) is 26.3. The summed E-state index contributed by atoms with van der Waals surface area (Å²) in [5.41, 5.74) is 1.02. The molecule has 0 unspecified atom stereocenters. The van der Waals surface area contributed by atoms with Crippen LogP contribution in [-0.2, 0) is 26.2 Å². The maximum Gasteiger partial charge on any atom is 0.244 e. The smallest absolute Gasteiger partial charge is 0.244 e. The minimum absolute atomic E-state index is 0.0927. The maximum absolute atomic E-state index is 13.7. The molecule has 10 heteroatoms. The van der Waals surface area contributed by atoms with Gasteiger partial charge in [-0.05, 0) is 43.0 Å². The predicted molar refractivity (Wildman–Crippen MR) is 145 cm³/mol. The predicted octanol–water partition coefficient (Wildman–Crippen LogP) is 5.02. The largest absolute Gasteiger partial charge is 0.352 e. The van der Waals surface area contributed by atoms with Crippen molar-refractivity contribution in [1.82, 2.24) is 10.2 Å². The molecule has 36 heavy (non-hydrogen) atoms. The summed E-state index contributed by atoms with van der Waals surface area (Å²) >= 11 is 12.2. The molecule has 1 aliphatic rings. The molecule has 1 N–H and O–H groups in total. The van der Waals surface area contributed by atoms with E-state index in [1.54, 1.807) is 0 Å². The fraction of sp³-hybridized carbons (Fsp3) is 0.462. The van der Waals surface area contributed by atoms with Crippen LogP contribution in [0.25, 0.3) is 0 Å². The summed E-state index contributed by atoms with van der Waals surface area (Å²) in [6.45, 7) is 1.53. The standard InChI is InChI=1S/C26H33Cl2N3O4S/c1-3-24(26(33)29-22-12-8-5-9-13-22)30(17-19-10-6-4-7-11-19)25(32)18-31(36(2,34)35)23-15-20(27)14-21(28)16-23/h4,6-7,10-11,14-16,22,24H,3,5,8-9,12-13,17-18H2,1-2H3,(H,29,33)/t24-/m0/s1. The van der Waals surface area contributed by atoms with Crippen LogP contribution in [0.3, 0.4) is 0 Å². The van der Waals surface area contributed by atoms with E-state index >= 15 is 0 Å². The molecule has 0 bridgehead atoms. The molecule has 0 heterocycles. The normalized spacial score (nSPS) is 15.2. The highest BCUT2D eigenvalue weighted by Crippen LogP contribution is 2.27. The molecule has 2 aromatic carbocycles. The molecule has 1 saturated carbocycles. The first-order chi connectivity index (χ1) is 17.1. The summed E-state index contributed by atoms with van der Waals surface area (Å²) in [5.74, 6) is -0.712. The van der Waals surface area contributed by atoms with Gasteiger partial charge in [0.25, 0.3) is 0 Å². The van der Waals surface area contributed by atoms with E-state index in [1.165, 1.54) is 23.1 Å². The summed E-state index contributed by atoms with van der Waals surface area (Å²) in [7, 11) is -3.86. The van der Waals surface area contributed by atoms with Gasteiger partial charge < -0.3 is 10.2 Å². The molecule has 0 spiro atoms. The fourth-order valence-corrected chi connectivity index (χ4v) is 5.89. The van der Waals surface area contributed by atoms with Crippen molar-refractivity contribution in [3.63, 3.8) is 0 Å². The van der Waals surface area contributed by atoms with E-state index in [9.17, 15) is 18.0 Å². The maximum atomic E-state index is 13.7. The van der Waals surface area contributed by atoms with Gasteiger partial charge in [-0.25, -0.2) is 8.42 Å². The summed E-state index contributed by atoms with van der Waals surface area (Å²) in [5, 5.41) is 3.62. The molecule has 3 rings (SSSR count). The Bertz CT molecular complexity index is 1130. The van der Waals surface area contributed by atoms with Crippen LogP contribution in [0.4, 0.5) is 5.69 Å². The Labute approximate surface area is 223 Å². The quantitative estimate of drug-likeness (QED) is 0.447. The molecule has 1 atom stereocenters. The van der Waals surface area contributed by atoms with Crippen LogP contribution in [0.2, 0.25) is 10.0 Å². The van der Waals surface area contributed by atoms with Crippen molar-refractivity contribution >= 4 is 50.7 Å². The first kappa shape index (κ1) is 28.3. The van der Waals surface area contributed by atoms with Crippen LogP contribution in [0.5, 0.6) is 0 Å². The first-order valence-corrected chi connectivity index (χ1v) is 14.8. The molecule has 0 saturated heterocycles. The molecule has 2 aromatic rings. The number of hydrogen-bond donors (Lipinski definition) is 1. The number of carbonyl (C=O) groups is 2. The summed E-state index contributed by atoms with van der Waals surface area (Å²) in [6, 6.07) is 13.0. The van der Waals surface area contributed by atoms with E-state index in [1.807, 2.05) is 37.3 Å². The topological polar surface area (TPSA) is 86.8 Å². The van der Waals surface area contributed by atoms with Crippen molar-refractivity contribution in [3.05, 3.63) is 64.1 Å². The number of hydrogen-bond acceptors (Lipinski definition) is 4. The monoisotopic (exact) mass is 553 g/mol. The van der Waals surface area contributed by atoms with Crippen molar-refractivity contribution in [1.29, 1.82) is 0 Å². The van der Waals surface area contributed by atoms with Crippen LogP contribution in [0.1, 0.15) is 51.0 Å². The van der Waals surface area contributed by atoms with Gasteiger partial charge in [0.05, 0.1) is 11.9 Å². The van der Waals surface area contributed by atoms with Crippen LogP contribution in [-0.4, -0.2) is 50.0 Å². The second-order valence-corrected chi connectivity index (χ2v) is 12.0. The van der Waals surface area contributed by atoms with Gasteiger partial charge in [0, 0.05) is 22.6 Å². The lowest BCUT2D eigenvalue weighted by Gasteiger charge is -2.34. The average Bonchev–Trinajstić information content (AvgIpc) is 2.82. The van der Waals surface area contributed by atoms with Crippen molar-refractivity contribution < 1.29 is 18.0 Å². The molecule has 0 aromatic heterocycles. The number of nitrogens with one attached hydrogen (secondary N) is 1. The first-order valence-electron chi connectivity index (χ1n) is 12.2. The molecule has 0 radical (unpaired) electrons. The highest BCUT2D eigenvalue weighted by Gasteiger charge is 2.33. The van der Waals surface area contributed by atoms with Crippen molar-refractivity contribution in [3.8, 4) is 0 Å². The van der Waals surface area contributed by atoms with E-state index < -0.39 is 28.5 Å². The SMILES string of the molecule is CC[C@@H](C(=O)NC1CCCCC1)N(Cc1ccccc1)C(=O)CN(c1cc(Cl)cc(Cl)c1)S(C)(=O)=O. The van der Waals surface area contributed by atoms with E-state index in [4.69, 9.17) is 23.2 Å². The molecule has 1 aliphatic carbocycles. The number of sulfonamides is 1. The lowest BCUT2D eigenvalue weighted by molar-refractivity contribution is -0.140. The zero-order valence-corrected chi connectivity index (χ0v) is 23.0. The Morgan fingerprint density at radius 1 is 1.03 bits per heavy atom. The van der Waals surface area contributed by atoms with Gasteiger partial charge in [-0.15, -0.1) is 0 Å². The van der Waals surface area contributed by atoms with Gasteiger partial charge in [-0.3, -0.25) is 13.9 Å². The van der Waals surface area contributed by atoms with Gasteiger partial charge in [0.1, 0.15) is 12.6 Å².